The van der Waals surface area contributed by atoms with E-state index in [1.54, 1.807) is 6.07 Å². The lowest BCUT2D eigenvalue weighted by molar-refractivity contribution is 0.251. The van der Waals surface area contributed by atoms with Crippen molar-refractivity contribution in [2.24, 2.45) is 0 Å². The third-order valence-corrected chi connectivity index (χ3v) is 3.86. The molecule has 21 heavy (non-hydrogen) atoms. The predicted octanol–water partition coefficient (Wildman–Crippen LogP) is 3.20. The lowest BCUT2D eigenvalue weighted by atomic mass is 10.2. The monoisotopic (exact) mass is 298 g/mol. The number of thiazole rings is 1. The number of hydrogen-bond donors (Lipinski definition) is 3. The Kier molecular flexibility index (Phi) is 3.70. The molecule has 2 aromatic carbocycles. The van der Waals surface area contributed by atoms with Crippen LogP contribution in [0.1, 0.15) is 5.56 Å². The van der Waals surface area contributed by atoms with Crippen molar-refractivity contribution in [3.63, 3.8) is 0 Å². The maximum absolute atomic E-state index is 11.8. The zero-order valence-electron chi connectivity index (χ0n) is 11.2. The molecule has 6 heteroatoms. The van der Waals surface area contributed by atoms with E-state index in [1.165, 1.54) is 11.3 Å². The van der Waals surface area contributed by atoms with Crippen molar-refractivity contribution in [2.75, 3.05) is 11.1 Å². The van der Waals surface area contributed by atoms with E-state index in [4.69, 9.17) is 5.73 Å². The quantitative estimate of drug-likeness (QED) is 0.650. The van der Waals surface area contributed by atoms with E-state index in [1.807, 2.05) is 42.5 Å². The summed E-state index contributed by atoms with van der Waals surface area (Å²) >= 11 is 1.40. The van der Waals surface area contributed by atoms with Crippen LogP contribution in [0.3, 0.4) is 0 Å². The van der Waals surface area contributed by atoms with E-state index < -0.39 is 0 Å². The second kappa shape index (κ2) is 5.80. The molecule has 106 valence electrons. The molecule has 3 aromatic rings. The average Bonchev–Trinajstić information content (AvgIpc) is 2.87. The van der Waals surface area contributed by atoms with Gasteiger partial charge in [-0.15, -0.1) is 0 Å². The van der Waals surface area contributed by atoms with Crippen LogP contribution in [0.15, 0.2) is 48.5 Å². The minimum atomic E-state index is -0.272. The zero-order chi connectivity index (χ0) is 14.7. The summed E-state index contributed by atoms with van der Waals surface area (Å²) in [5.74, 6) is 0. The van der Waals surface area contributed by atoms with Crippen molar-refractivity contribution in [1.82, 2.24) is 10.3 Å². The molecule has 0 aliphatic carbocycles. The van der Waals surface area contributed by atoms with Crippen molar-refractivity contribution in [3.8, 4) is 0 Å². The predicted molar refractivity (Wildman–Crippen MR) is 86.3 cm³/mol. The molecule has 5 nitrogen and oxygen atoms in total. The van der Waals surface area contributed by atoms with E-state index in [9.17, 15) is 4.79 Å². The van der Waals surface area contributed by atoms with Gasteiger partial charge < -0.3 is 11.1 Å². The van der Waals surface area contributed by atoms with Crippen LogP contribution in [0.25, 0.3) is 10.2 Å². The van der Waals surface area contributed by atoms with Crippen molar-refractivity contribution in [1.29, 1.82) is 0 Å². The van der Waals surface area contributed by atoms with Gasteiger partial charge in [-0.3, -0.25) is 5.32 Å². The molecule has 0 atom stereocenters. The van der Waals surface area contributed by atoms with Gasteiger partial charge in [0.1, 0.15) is 0 Å². The largest absolute Gasteiger partial charge is 0.399 e. The van der Waals surface area contributed by atoms with Crippen LogP contribution in [-0.2, 0) is 6.54 Å². The lowest BCUT2D eigenvalue weighted by Crippen LogP contribution is -2.28. The Morgan fingerprint density at radius 2 is 2.00 bits per heavy atom. The van der Waals surface area contributed by atoms with Crippen molar-refractivity contribution < 1.29 is 4.79 Å². The fourth-order valence-corrected chi connectivity index (χ4v) is 2.82. The number of urea groups is 1. The molecule has 0 spiro atoms. The van der Waals surface area contributed by atoms with Crippen LogP contribution in [0.4, 0.5) is 15.6 Å². The van der Waals surface area contributed by atoms with Crippen molar-refractivity contribution in [3.05, 3.63) is 54.1 Å². The summed E-state index contributed by atoms with van der Waals surface area (Å²) in [6.45, 7) is 0.477. The number of aromatic nitrogens is 1. The standard InChI is InChI=1S/C15H14N4OS/c16-11-6-7-12-13(8-11)21-15(18-12)19-14(20)17-9-10-4-2-1-3-5-10/h1-8H,9,16H2,(H2,17,18,19,20). The Morgan fingerprint density at radius 1 is 1.19 bits per heavy atom. The van der Waals surface area contributed by atoms with Gasteiger partial charge in [0.25, 0.3) is 0 Å². The Bertz CT molecular complexity index is 770. The summed E-state index contributed by atoms with van der Waals surface area (Å²) in [4.78, 5) is 16.2. The van der Waals surface area contributed by atoms with Crippen LogP contribution in [0.2, 0.25) is 0 Å². The summed E-state index contributed by atoms with van der Waals surface area (Å²) < 4.78 is 0.952. The van der Waals surface area contributed by atoms with Crippen LogP contribution in [0.5, 0.6) is 0 Å². The fourth-order valence-electron chi connectivity index (χ4n) is 1.91. The van der Waals surface area contributed by atoms with Gasteiger partial charge in [0.05, 0.1) is 10.2 Å². The summed E-state index contributed by atoms with van der Waals surface area (Å²) in [7, 11) is 0. The molecule has 0 aliphatic heterocycles. The number of nitrogens with two attached hydrogens (primary N) is 1. The second-order valence-corrected chi connectivity index (χ2v) is 5.57. The summed E-state index contributed by atoms with van der Waals surface area (Å²) in [6.07, 6.45) is 0. The zero-order valence-corrected chi connectivity index (χ0v) is 12.0. The van der Waals surface area contributed by atoms with Crippen LogP contribution >= 0.6 is 11.3 Å². The van der Waals surface area contributed by atoms with Gasteiger partial charge in [-0.1, -0.05) is 41.7 Å². The Hall–Kier alpha value is -2.60. The highest BCUT2D eigenvalue weighted by atomic mass is 32.1. The normalized spacial score (nSPS) is 10.5. The van der Waals surface area contributed by atoms with Gasteiger partial charge in [0, 0.05) is 12.2 Å². The molecule has 0 aliphatic rings. The molecule has 4 N–H and O–H groups in total. The van der Waals surface area contributed by atoms with Gasteiger partial charge in [0.15, 0.2) is 5.13 Å². The first-order valence-corrected chi connectivity index (χ1v) is 7.27. The van der Waals surface area contributed by atoms with Crippen molar-refractivity contribution in [2.45, 2.75) is 6.54 Å². The maximum Gasteiger partial charge on any atom is 0.321 e. The third-order valence-electron chi connectivity index (χ3n) is 2.93. The highest BCUT2D eigenvalue weighted by molar-refractivity contribution is 7.22. The molecule has 1 aromatic heterocycles. The highest BCUT2D eigenvalue weighted by Gasteiger charge is 2.07. The number of benzene rings is 2. The number of carbonyl (C=O) groups is 1. The number of anilines is 2. The lowest BCUT2D eigenvalue weighted by Gasteiger charge is -2.04. The molecule has 3 rings (SSSR count). The molecule has 0 unspecified atom stereocenters. The molecule has 0 fully saturated rings. The molecular weight excluding hydrogens is 284 g/mol. The minimum Gasteiger partial charge on any atom is -0.399 e. The van der Waals surface area contributed by atoms with Gasteiger partial charge in [0.2, 0.25) is 0 Å². The summed E-state index contributed by atoms with van der Waals surface area (Å²) in [5, 5.41) is 6.09. The first-order chi connectivity index (χ1) is 10.2. The average molecular weight is 298 g/mol. The Labute approximate surface area is 125 Å². The van der Waals surface area contributed by atoms with Gasteiger partial charge in [-0.2, -0.15) is 0 Å². The van der Waals surface area contributed by atoms with Crippen LogP contribution < -0.4 is 16.4 Å². The fraction of sp³-hybridized carbons (Fsp3) is 0.0667. The molecule has 1 heterocycles. The Morgan fingerprint density at radius 3 is 2.81 bits per heavy atom. The first-order valence-electron chi connectivity index (χ1n) is 6.45. The van der Waals surface area contributed by atoms with Gasteiger partial charge in [-0.25, -0.2) is 9.78 Å². The topological polar surface area (TPSA) is 80.0 Å². The number of hydrogen-bond acceptors (Lipinski definition) is 4. The molecule has 2 amide bonds. The van der Waals surface area contributed by atoms with Crippen LogP contribution in [0, 0.1) is 0 Å². The number of rotatable bonds is 3. The van der Waals surface area contributed by atoms with E-state index in [2.05, 4.69) is 15.6 Å². The first kappa shape index (κ1) is 13.4. The number of carbonyl (C=O) groups excluding carboxylic acids is 1. The number of nitrogens with one attached hydrogen (secondary N) is 2. The van der Waals surface area contributed by atoms with E-state index in [0.29, 0.717) is 17.4 Å². The van der Waals surface area contributed by atoms with E-state index >= 15 is 0 Å². The molecular formula is C15H14N4OS. The third kappa shape index (κ3) is 3.29. The molecule has 0 saturated carbocycles. The van der Waals surface area contributed by atoms with Gasteiger partial charge >= 0.3 is 6.03 Å². The highest BCUT2D eigenvalue weighted by Crippen LogP contribution is 2.27. The number of fused-ring (bicyclic) bond motifs is 1. The smallest absolute Gasteiger partial charge is 0.321 e. The molecule has 0 radical (unpaired) electrons. The summed E-state index contributed by atoms with van der Waals surface area (Å²) in [5.41, 5.74) is 8.28. The number of amides is 2. The number of nitrogens with zero attached hydrogens (tertiary/aromatic N) is 1. The Balaban J connectivity index is 1.63. The van der Waals surface area contributed by atoms with E-state index in [-0.39, 0.29) is 6.03 Å². The SMILES string of the molecule is Nc1ccc2nc(NC(=O)NCc3ccccc3)sc2c1. The molecule has 0 bridgehead atoms. The summed E-state index contributed by atoms with van der Waals surface area (Å²) in [6, 6.07) is 14.9. The molecule has 0 saturated heterocycles. The number of nitrogen functional groups attached to an aromatic ring is 1. The van der Waals surface area contributed by atoms with E-state index in [0.717, 1.165) is 15.8 Å². The van der Waals surface area contributed by atoms with Crippen LogP contribution in [-0.4, -0.2) is 11.0 Å². The minimum absolute atomic E-state index is 0.272. The van der Waals surface area contributed by atoms with Gasteiger partial charge in [-0.05, 0) is 23.8 Å². The van der Waals surface area contributed by atoms with Crippen molar-refractivity contribution >= 4 is 38.4 Å². The maximum atomic E-state index is 11.8. The second-order valence-electron chi connectivity index (χ2n) is 4.54.